The molecule has 0 radical (unpaired) electrons. The minimum absolute atomic E-state index is 0.275. The average molecular weight is 426 g/mol. The van der Waals surface area contributed by atoms with Crippen molar-refractivity contribution in [3.8, 4) is 0 Å². The highest BCUT2D eigenvalue weighted by atomic mass is 35.5. The van der Waals surface area contributed by atoms with E-state index in [1.54, 1.807) is 13.0 Å². The molecular formula is C19H21ClNO4PS. The van der Waals surface area contributed by atoms with E-state index in [4.69, 9.17) is 25.1 Å². The van der Waals surface area contributed by atoms with Crippen molar-refractivity contribution in [1.82, 2.24) is 4.98 Å². The van der Waals surface area contributed by atoms with Gasteiger partial charge in [0.1, 0.15) is 5.52 Å². The predicted molar refractivity (Wildman–Crippen MR) is 110 cm³/mol. The molecule has 2 aromatic carbocycles. The van der Waals surface area contributed by atoms with Crippen molar-refractivity contribution < 1.29 is 18.0 Å². The molecule has 0 N–H and O–H groups in total. The van der Waals surface area contributed by atoms with Gasteiger partial charge in [-0.05, 0) is 42.9 Å². The summed E-state index contributed by atoms with van der Waals surface area (Å²) in [5, 5.41) is 0.480. The van der Waals surface area contributed by atoms with Crippen LogP contribution in [0, 0.1) is 0 Å². The number of para-hydroxylation sites is 2. The molecule has 0 fully saturated rings. The van der Waals surface area contributed by atoms with E-state index in [1.807, 2.05) is 49.4 Å². The van der Waals surface area contributed by atoms with Gasteiger partial charge in [-0.3, -0.25) is 4.52 Å². The van der Waals surface area contributed by atoms with Crippen LogP contribution >= 0.6 is 29.8 Å². The zero-order valence-electron chi connectivity index (χ0n) is 15.1. The number of nitrogens with zero attached hydrogens (tertiary/aromatic N) is 1. The molecule has 27 heavy (non-hydrogen) atoms. The molecule has 3 aromatic rings. The normalized spacial score (nSPS) is 14.9. The van der Waals surface area contributed by atoms with Gasteiger partial charge in [0, 0.05) is 16.3 Å². The van der Waals surface area contributed by atoms with Crippen molar-refractivity contribution in [2.24, 2.45) is 0 Å². The lowest BCUT2D eigenvalue weighted by Crippen LogP contribution is -2.07. The maximum atomic E-state index is 13.3. The molecule has 0 bridgehead atoms. The summed E-state index contributed by atoms with van der Waals surface area (Å²) in [5.41, 5.74) is 1.95. The van der Waals surface area contributed by atoms with E-state index in [1.165, 1.54) is 11.4 Å². The first-order valence-electron chi connectivity index (χ1n) is 8.73. The molecule has 1 aromatic heterocycles. The third kappa shape index (κ3) is 4.95. The second-order valence-corrected chi connectivity index (χ2v) is 10.3. The van der Waals surface area contributed by atoms with Gasteiger partial charge in [-0.1, -0.05) is 48.9 Å². The summed E-state index contributed by atoms with van der Waals surface area (Å²) in [6, 6.07) is 14.6. The number of fused-ring (bicyclic) bond motifs is 1. The Morgan fingerprint density at radius 2 is 1.93 bits per heavy atom. The maximum Gasteiger partial charge on any atom is 0.390 e. The second-order valence-electron chi connectivity index (χ2n) is 5.73. The monoisotopic (exact) mass is 425 g/mol. The van der Waals surface area contributed by atoms with Gasteiger partial charge in [-0.25, -0.2) is 9.55 Å². The highest BCUT2D eigenvalue weighted by Crippen LogP contribution is 2.64. The number of benzene rings is 2. The lowest BCUT2D eigenvalue weighted by Gasteiger charge is -2.22. The number of hydrogen-bond donors (Lipinski definition) is 0. The first-order valence-corrected chi connectivity index (χ1v) is 12.2. The number of oxazole rings is 1. The highest BCUT2D eigenvalue weighted by Gasteiger charge is 2.34. The van der Waals surface area contributed by atoms with Crippen LogP contribution in [-0.2, 0) is 13.6 Å². The Labute approximate surface area is 167 Å². The molecule has 0 saturated heterocycles. The number of aromatic nitrogens is 1. The van der Waals surface area contributed by atoms with Crippen LogP contribution in [0.4, 0.5) is 0 Å². The molecule has 0 spiro atoms. The topological polar surface area (TPSA) is 61.6 Å². The van der Waals surface area contributed by atoms with Gasteiger partial charge >= 0.3 is 6.80 Å². The summed E-state index contributed by atoms with van der Waals surface area (Å²) in [6.07, 6.45) is 0.0120. The zero-order chi connectivity index (χ0) is 19.3. The number of rotatable bonds is 9. The summed E-state index contributed by atoms with van der Waals surface area (Å²) >= 11 is 7.57. The summed E-state index contributed by atoms with van der Waals surface area (Å²) in [7, 11) is 0. The molecule has 144 valence electrons. The molecule has 1 heterocycles. The Hall–Kier alpha value is -1.30. The van der Waals surface area contributed by atoms with Crippen LogP contribution in [0.25, 0.3) is 11.1 Å². The smallest absolute Gasteiger partial charge is 0.390 e. The van der Waals surface area contributed by atoms with Crippen LogP contribution < -0.4 is 0 Å². The molecule has 0 aliphatic rings. The Morgan fingerprint density at radius 3 is 2.63 bits per heavy atom. The van der Waals surface area contributed by atoms with Gasteiger partial charge in [0.2, 0.25) is 5.89 Å². The van der Waals surface area contributed by atoms with Crippen LogP contribution in [0.5, 0.6) is 0 Å². The molecule has 0 saturated carbocycles. The fourth-order valence-corrected chi connectivity index (χ4v) is 6.33. The van der Waals surface area contributed by atoms with E-state index < -0.39 is 12.9 Å². The average Bonchev–Trinajstić information content (AvgIpc) is 3.09. The highest BCUT2D eigenvalue weighted by molar-refractivity contribution is 8.55. The second kappa shape index (κ2) is 9.26. The van der Waals surface area contributed by atoms with Gasteiger partial charge in [-0.15, -0.1) is 0 Å². The van der Waals surface area contributed by atoms with Crippen LogP contribution in [0.15, 0.2) is 52.9 Å². The van der Waals surface area contributed by atoms with Crippen molar-refractivity contribution >= 4 is 40.9 Å². The van der Waals surface area contributed by atoms with E-state index in [2.05, 4.69) is 4.98 Å². The largest absolute Gasteiger partial charge is 0.437 e. The van der Waals surface area contributed by atoms with Crippen molar-refractivity contribution in [3.63, 3.8) is 0 Å². The molecule has 0 aliphatic heterocycles. The van der Waals surface area contributed by atoms with Crippen LogP contribution in [0.2, 0.25) is 5.02 Å². The fraction of sp³-hybridized carbons (Fsp3) is 0.316. The SMILES string of the molecule is CCCSP(=O)(OCC)OC(c1nc2ccccc2o1)c1ccccc1Cl. The van der Waals surface area contributed by atoms with Gasteiger partial charge in [0.25, 0.3) is 0 Å². The van der Waals surface area contributed by atoms with Gasteiger partial charge < -0.3 is 8.94 Å². The van der Waals surface area contributed by atoms with E-state index in [0.29, 0.717) is 33.3 Å². The first kappa shape index (κ1) is 20.4. The molecule has 2 atom stereocenters. The van der Waals surface area contributed by atoms with Crippen LogP contribution in [0.1, 0.15) is 37.8 Å². The Balaban J connectivity index is 2.04. The molecule has 8 heteroatoms. The molecular weight excluding hydrogens is 405 g/mol. The molecule has 0 amide bonds. The third-order valence-corrected chi connectivity index (χ3v) is 8.06. The summed E-state index contributed by atoms with van der Waals surface area (Å²) in [4.78, 5) is 4.52. The van der Waals surface area contributed by atoms with Crippen molar-refractivity contribution in [2.75, 3.05) is 12.4 Å². The van der Waals surface area contributed by atoms with Crippen LogP contribution in [0.3, 0.4) is 0 Å². The van der Waals surface area contributed by atoms with Crippen molar-refractivity contribution in [1.29, 1.82) is 0 Å². The summed E-state index contributed by atoms with van der Waals surface area (Å²) in [5.74, 6) is 0.946. The Kier molecular flexibility index (Phi) is 7.01. The molecule has 2 unspecified atom stereocenters. The predicted octanol–water partition coefficient (Wildman–Crippen LogP) is 6.88. The standard InChI is InChI=1S/C19H21ClNO4PS/c1-3-13-27-26(22,23-4-2)25-18(14-9-5-6-10-15(14)20)19-21-16-11-7-8-12-17(16)24-19/h5-12,18H,3-4,13H2,1-2H3. The zero-order valence-corrected chi connectivity index (χ0v) is 17.6. The van der Waals surface area contributed by atoms with Gasteiger partial charge in [0.05, 0.1) is 6.61 Å². The lowest BCUT2D eigenvalue weighted by molar-refractivity contribution is 0.169. The Bertz CT molecular complexity index is 915. The van der Waals surface area contributed by atoms with Gasteiger partial charge in [0.15, 0.2) is 11.7 Å². The Morgan fingerprint density at radius 1 is 1.19 bits per heavy atom. The van der Waals surface area contributed by atoms with E-state index in [0.717, 1.165) is 6.42 Å². The third-order valence-electron chi connectivity index (χ3n) is 3.70. The van der Waals surface area contributed by atoms with Crippen molar-refractivity contribution in [3.05, 3.63) is 65.0 Å². The molecule has 0 aliphatic carbocycles. The van der Waals surface area contributed by atoms with Crippen LogP contribution in [-0.4, -0.2) is 17.3 Å². The van der Waals surface area contributed by atoms with E-state index in [9.17, 15) is 4.57 Å². The number of halogens is 1. The van der Waals surface area contributed by atoms with E-state index in [-0.39, 0.29) is 6.61 Å². The quantitative estimate of drug-likeness (QED) is 0.348. The first-order chi connectivity index (χ1) is 13.1. The minimum Gasteiger partial charge on any atom is -0.437 e. The van der Waals surface area contributed by atoms with E-state index >= 15 is 0 Å². The summed E-state index contributed by atoms with van der Waals surface area (Å²) in [6.45, 7) is 0.640. The fourth-order valence-electron chi connectivity index (χ4n) is 2.51. The van der Waals surface area contributed by atoms with Crippen molar-refractivity contribution in [2.45, 2.75) is 26.4 Å². The lowest BCUT2D eigenvalue weighted by atomic mass is 10.1. The minimum atomic E-state index is -3.43. The molecule has 5 nitrogen and oxygen atoms in total. The maximum absolute atomic E-state index is 13.3. The number of hydrogen-bond acceptors (Lipinski definition) is 6. The molecule has 3 rings (SSSR count). The summed E-state index contributed by atoms with van der Waals surface area (Å²) < 4.78 is 30.7. The van der Waals surface area contributed by atoms with Gasteiger partial charge in [-0.2, -0.15) is 0 Å².